The predicted octanol–water partition coefficient (Wildman–Crippen LogP) is 3.15. The lowest BCUT2D eigenvalue weighted by Crippen LogP contribution is -2.31. The Morgan fingerprint density at radius 3 is 2.00 bits per heavy atom. The molecule has 1 unspecified atom stereocenters. The number of hydrogen-bond donors (Lipinski definition) is 1. The van der Waals surface area contributed by atoms with Gasteiger partial charge < -0.3 is 5.32 Å². The number of carbonyl (C=O) groups excluding carboxylic acids is 1. The van der Waals surface area contributed by atoms with Crippen molar-refractivity contribution in [2.75, 3.05) is 0 Å². The van der Waals surface area contributed by atoms with Crippen LogP contribution in [0.25, 0.3) is 0 Å². The monoisotopic (exact) mass is 244 g/mol. The first-order valence-corrected chi connectivity index (χ1v) is 6.25. The van der Waals surface area contributed by atoms with E-state index < -0.39 is 6.04 Å². The van der Waals surface area contributed by atoms with Crippen molar-refractivity contribution in [3.05, 3.63) is 35.4 Å². The Kier molecular flexibility index (Phi) is 4.91. The van der Waals surface area contributed by atoms with E-state index in [4.69, 9.17) is 5.26 Å². The molecule has 0 saturated carbocycles. The molecule has 0 fully saturated rings. The Bertz CT molecular complexity index is 441. The Hall–Kier alpha value is -1.82. The van der Waals surface area contributed by atoms with Crippen molar-refractivity contribution in [3.8, 4) is 6.07 Å². The van der Waals surface area contributed by atoms with Gasteiger partial charge in [0.2, 0.25) is 5.91 Å². The van der Waals surface area contributed by atoms with Crippen LogP contribution in [0.2, 0.25) is 0 Å². The van der Waals surface area contributed by atoms with Gasteiger partial charge in [-0.3, -0.25) is 4.79 Å². The minimum absolute atomic E-state index is 0.102. The third-order valence-electron chi connectivity index (χ3n) is 2.88. The summed E-state index contributed by atoms with van der Waals surface area (Å²) in [6, 6.07) is 9.38. The third-order valence-corrected chi connectivity index (χ3v) is 2.88. The first-order chi connectivity index (χ1) is 8.45. The number of benzene rings is 1. The van der Waals surface area contributed by atoms with E-state index >= 15 is 0 Å². The van der Waals surface area contributed by atoms with Gasteiger partial charge in [0.05, 0.1) is 6.07 Å². The lowest BCUT2D eigenvalue weighted by Gasteiger charge is -2.14. The number of carbonyl (C=O) groups is 1. The van der Waals surface area contributed by atoms with E-state index in [1.807, 2.05) is 38.1 Å². The fourth-order valence-corrected chi connectivity index (χ4v) is 1.57. The molecule has 18 heavy (non-hydrogen) atoms. The maximum absolute atomic E-state index is 11.6. The second kappa shape index (κ2) is 6.20. The van der Waals surface area contributed by atoms with Gasteiger partial charge in [0, 0.05) is 5.92 Å². The molecule has 3 heteroatoms. The second-order valence-electron chi connectivity index (χ2n) is 5.05. The van der Waals surface area contributed by atoms with Crippen molar-refractivity contribution in [1.29, 1.82) is 5.26 Å². The molecule has 1 atom stereocenters. The number of rotatable bonds is 4. The molecule has 1 aromatic carbocycles. The topological polar surface area (TPSA) is 52.9 Å². The van der Waals surface area contributed by atoms with Crippen LogP contribution in [0.15, 0.2) is 24.3 Å². The van der Waals surface area contributed by atoms with E-state index in [1.165, 1.54) is 5.56 Å². The molecule has 0 radical (unpaired) electrons. The minimum atomic E-state index is -0.568. The zero-order valence-electron chi connectivity index (χ0n) is 11.4. The molecule has 0 aliphatic carbocycles. The molecule has 0 heterocycles. The van der Waals surface area contributed by atoms with E-state index in [0.29, 0.717) is 5.92 Å². The Balaban J connectivity index is 2.84. The Morgan fingerprint density at radius 2 is 1.61 bits per heavy atom. The summed E-state index contributed by atoms with van der Waals surface area (Å²) in [5, 5.41) is 11.9. The average molecular weight is 244 g/mol. The quantitative estimate of drug-likeness (QED) is 0.884. The summed E-state index contributed by atoms with van der Waals surface area (Å²) in [5.74, 6) is 0.245. The van der Waals surface area contributed by atoms with Crippen LogP contribution < -0.4 is 5.32 Å². The number of nitrogens with zero attached hydrogens (tertiary/aromatic N) is 1. The summed E-state index contributed by atoms with van der Waals surface area (Å²) in [6.07, 6.45) is 0. The molecule has 1 rings (SSSR count). The van der Waals surface area contributed by atoms with Gasteiger partial charge in [-0.05, 0) is 17.0 Å². The highest BCUT2D eigenvalue weighted by atomic mass is 16.1. The maximum Gasteiger partial charge on any atom is 0.223 e. The normalized spacial score (nSPS) is 12.3. The summed E-state index contributed by atoms with van der Waals surface area (Å²) in [7, 11) is 0. The molecule has 1 amide bonds. The third kappa shape index (κ3) is 3.59. The first-order valence-electron chi connectivity index (χ1n) is 6.25. The van der Waals surface area contributed by atoms with E-state index in [2.05, 4.69) is 25.2 Å². The van der Waals surface area contributed by atoms with Crippen molar-refractivity contribution >= 4 is 5.91 Å². The van der Waals surface area contributed by atoms with Gasteiger partial charge in [-0.25, -0.2) is 0 Å². The van der Waals surface area contributed by atoms with Gasteiger partial charge in [-0.2, -0.15) is 5.26 Å². The smallest absolute Gasteiger partial charge is 0.223 e. The molecule has 0 saturated heterocycles. The molecule has 1 N–H and O–H groups in total. The van der Waals surface area contributed by atoms with Crippen LogP contribution >= 0.6 is 0 Å². The molecular weight excluding hydrogens is 224 g/mol. The van der Waals surface area contributed by atoms with Crippen LogP contribution in [-0.4, -0.2) is 5.91 Å². The first kappa shape index (κ1) is 14.2. The van der Waals surface area contributed by atoms with E-state index in [0.717, 1.165) is 5.56 Å². The molecule has 0 spiro atoms. The van der Waals surface area contributed by atoms with Crippen LogP contribution in [0.3, 0.4) is 0 Å². The molecule has 1 aromatic rings. The molecule has 3 nitrogen and oxygen atoms in total. The summed E-state index contributed by atoms with van der Waals surface area (Å²) >= 11 is 0. The van der Waals surface area contributed by atoms with Crippen LogP contribution in [0.4, 0.5) is 0 Å². The van der Waals surface area contributed by atoms with Gasteiger partial charge in [0.15, 0.2) is 0 Å². The SMILES string of the molecule is CC(C)C(=O)NC(C#N)c1ccc(C(C)C)cc1. The predicted molar refractivity (Wildman–Crippen MR) is 71.9 cm³/mol. The van der Waals surface area contributed by atoms with E-state index in [1.54, 1.807) is 0 Å². The van der Waals surface area contributed by atoms with Gasteiger partial charge in [-0.15, -0.1) is 0 Å². The molecular formula is C15H20N2O. The minimum Gasteiger partial charge on any atom is -0.336 e. The highest BCUT2D eigenvalue weighted by molar-refractivity contribution is 5.78. The van der Waals surface area contributed by atoms with Crippen LogP contribution in [0.5, 0.6) is 0 Å². The van der Waals surface area contributed by atoms with Crippen molar-refractivity contribution in [3.63, 3.8) is 0 Å². The Labute approximate surface area is 109 Å². The summed E-state index contributed by atoms with van der Waals surface area (Å²) in [5.41, 5.74) is 2.06. The van der Waals surface area contributed by atoms with Gasteiger partial charge in [-0.1, -0.05) is 52.0 Å². The highest BCUT2D eigenvalue weighted by Gasteiger charge is 2.15. The van der Waals surface area contributed by atoms with Crippen LogP contribution in [0, 0.1) is 17.2 Å². The van der Waals surface area contributed by atoms with E-state index in [9.17, 15) is 4.79 Å². The van der Waals surface area contributed by atoms with Crippen molar-refractivity contribution < 1.29 is 4.79 Å². The standard InChI is InChI=1S/C15H20N2O/c1-10(2)12-5-7-13(8-6-12)14(9-16)17-15(18)11(3)4/h5-8,10-11,14H,1-4H3,(H,17,18). The van der Waals surface area contributed by atoms with Crippen molar-refractivity contribution in [2.24, 2.45) is 5.92 Å². The lowest BCUT2D eigenvalue weighted by molar-refractivity contribution is -0.124. The lowest BCUT2D eigenvalue weighted by atomic mass is 9.99. The molecule has 0 aliphatic heterocycles. The fraction of sp³-hybridized carbons (Fsp3) is 0.467. The second-order valence-corrected chi connectivity index (χ2v) is 5.05. The zero-order valence-corrected chi connectivity index (χ0v) is 11.4. The molecule has 0 bridgehead atoms. The number of nitrogens with one attached hydrogen (secondary N) is 1. The zero-order chi connectivity index (χ0) is 13.7. The molecule has 0 aliphatic rings. The fourth-order valence-electron chi connectivity index (χ4n) is 1.57. The number of amides is 1. The Morgan fingerprint density at radius 1 is 1.11 bits per heavy atom. The van der Waals surface area contributed by atoms with Gasteiger partial charge in [0.25, 0.3) is 0 Å². The summed E-state index contributed by atoms with van der Waals surface area (Å²) in [4.78, 5) is 11.6. The van der Waals surface area contributed by atoms with Gasteiger partial charge in [0.1, 0.15) is 6.04 Å². The number of nitriles is 1. The van der Waals surface area contributed by atoms with Crippen LogP contribution in [-0.2, 0) is 4.79 Å². The van der Waals surface area contributed by atoms with E-state index in [-0.39, 0.29) is 11.8 Å². The highest BCUT2D eigenvalue weighted by Crippen LogP contribution is 2.18. The van der Waals surface area contributed by atoms with Crippen molar-refractivity contribution in [2.45, 2.75) is 39.7 Å². The van der Waals surface area contributed by atoms with Crippen molar-refractivity contribution in [1.82, 2.24) is 5.32 Å². The largest absolute Gasteiger partial charge is 0.336 e. The molecule has 96 valence electrons. The summed E-state index contributed by atoms with van der Waals surface area (Å²) < 4.78 is 0. The summed E-state index contributed by atoms with van der Waals surface area (Å²) in [6.45, 7) is 7.87. The van der Waals surface area contributed by atoms with Crippen LogP contribution in [0.1, 0.15) is 50.8 Å². The van der Waals surface area contributed by atoms with Gasteiger partial charge >= 0.3 is 0 Å². The molecule has 0 aromatic heterocycles. The number of hydrogen-bond acceptors (Lipinski definition) is 2. The average Bonchev–Trinajstić information content (AvgIpc) is 2.35. The maximum atomic E-state index is 11.6.